The highest BCUT2D eigenvalue weighted by atomic mass is 16.1. The molecule has 0 unspecified atom stereocenters. The van der Waals surface area contributed by atoms with Gasteiger partial charge in [0.25, 0.3) is 0 Å². The Kier molecular flexibility index (Phi) is 4.23. The molecule has 0 aliphatic rings. The van der Waals surface area contributed by atoms with E-state index in [-0.39, 0.29) is 5.78 Å². The molecule has 0 bridgehead atoms. The zero-order valence-corrected chi connectivity index (χ0v) is 12.3. The molecule has 0 saturated heterocycles. The fraction of sp³-hybridized carbons (Fsp3) is 0.278. The van der Waals surface area contributed by atoms with Gasteiger partial charge >= 0.3 is 0 Å². The minimum atomic E-state index is -0.0118. The van der Waals surface area contributed by atoms with Crippen LogP contribution < -0.4 is 5.73 Å². The van der Waals surface area contributed by atoms with Gasteiger partial charge < -0.3 is 5.73 Å². The van der Waals surface area contributed by atoms with Gasteiger partial charge in [-0.25, -0.2) is 0 Å². The number of aryl methyl sites for hydroxylation is 1. The molecule has 2 nitrogen and oxygen atoms in total. The molecule has 0 heterocycles. The summed E-state index contributed by atoms with van der Waals surface area (Å²) < 4.78 is 0. The molecule has 0 saturated carbocycles. The van der Waals surface area contributed by atoms with E-state index in [1.54, 1.807) is 6.07 Å². The van der Waals surface area contributed by atoms with Crippen molar-refractivity contribution in [1.82, 2.24) is 0 Å². The average molecular weight is 267 g/mol. The van der Waals surface area contributed by atoms with E-state index in [4.69, 9.17) is 5.73 Å². The number of ketones is 1. The van der Waals surface area contributed by atoms with Gasteiger partial charge in [-0.2, -0.15) is 0 Å². The van der Waals surface area contributed by atoms with Crippen molar-refractivity contribution < 1.29 is 4.79 Å². The van der Waals surface area contributed by atoms with Crippen LogP contribution in [0.1, 0.15) is 40.9 Å². The van der Waals surface area contributed by atoms with Crippen LogP contribution in [0.3, 0.4) is 0 Å². The first-order valence-corrected chi connectivity index (χ1v) is 6.97. The highest BCUT2D eigenvalue weighted by Crippen LogP contribution is 2.19. The highest BCUT2D eigenvalue weighted by molar-refractivity contribution is 6.12. The zero-order chi connectivity index (χ0) is 14.7. The third-order valence-corrected chi connectivity index (χ3v) is 3.31. The lowest BCUT2D eigenvalue weighted by atomic mass is 9.97. The number of nitrogen functional groups attached to an aromatic ring is 1. The lowest BCUT2D eigenvalue weighted by Gasteiger charge is -2.08. The van der Waals surface area contributed by atoms with Crippen LogP contribution in [-0.2, 0) is 6.42 Å². The van der Waals surface area contributed by atoms with E-state index in [2.05, 4.69) is 13.8 Å². The minimum Gasteiger partial charge on any atom is -0.398 e. The summed E-state index contributed by atoms with van der Waals surface area (Å²) in [5.74, 6) is 0.603. The van der Waals surface area contributed by atoms with Crippen molar-refractivity contribution >= 4 is 11.5 Å². The first-order valence-electron chi connectivity index (χ1n) is 6.97. The Morgan fingerprint density at radius 3 is 2.35 bits per heavy atom. The van der Waals surface area contributed by atoms with Crippen molar-refractivity contribution in [3.8, 4) is 0 Å². The van der Waals surface area contributed by atoms with Gasteiger partial charge in [-0.05, 0) is 37.0 Å². The summed E-state index contributed by atoms with van der Waals surface area (Å²) in [7, 11) is 0. The fourth-order valence-corrected chi connectivity index (χ4v) is 2.29. The molecule has 20 heavy (non-hydrogen) atoms. The monoisotopic (exact) mass is 267 g/mol. The van der Waals surface area contributed by atoms with Crippen LogP contribution in [-0.4, -0.2) is 5.78 Å². The molecule has 0 atom stereocenters. The Balaban J connectivity index is 2.27. The zero-order valence-electron chi connectivity index (χ0n) is 12.3. The number of hydrogen-bond acceptors (Lipinski definition) is 2. The lowest BCUT2D eigenvalue weighted by molar-refractivity contribution is 0.103. The SMILES string of the molecule is Cc1ccc(N)c(C(=O)c2ccc(CC(C)C)cc2)c1. The Bertz CT molecular complexity index is 612. The van der Waals surface area contributed by atoms with Crippen LogP contribution in [0.25, 0.3) is 0 Å². The summed E-state index contributed by atoms with van der Waals surface area (Å²) in [5.41, 5.74) is 10.0. The predicted molar refractivity (Wildman–Crippen MR) is 84.0 cm³/mol. The molecule has 104 valence electrons. The molecule has 0 aromatic heterocycles. The molecule has 2 aromatic rings. The first-order chi connectivity index (χ1) is 9.47. The highest BCUT2D eigenvalue weighted by Gasteiger charge is 2.12. The summed E-state index contributed by atoms with van der Waals surface area (Å²) in [6, 6.07) is 13.4. The predicted octanol–water partition coefficient (Wildman–Crippen LogP) is 4.01. The lowest BCUT2D eigenvalue weighted by Crippen LogP contribution is -2.06. The van der Waals surface area contributed by atoms with E-state index in [0.717, 1.165) is 12.0 Å². The van der Waals surface area contributed by atoms with Crippen LogP contribution in [0.5, 0.6) is 0 Å². The third-order valence-electron chi connectivity index (χ3n) is 3.31. The number of carbonyl (C=O) groups is 1. The Hall–Kier alpha value is -2.09. The van der Waals surface area contributed by atoms with Crippen LogP contribution in [0, 0.1) is 12.8 Å². The van der Waals surface area contributed by atoms with Crippen molar-refractivity contribution in [2.45, 2.75) is 27.2 Å². The first kappa shape index (κ1) is 14.3. The van der Waals surface area contributed by atoms with E-state index < -0.39 is 0 Å². The number of rotatable bonds is 4. The Morgan fingerprint density at radius 2 is 1.75 bits per heavy atom. The molecule has 0 radical (unpaired) electrons. The van der Waals surface area contributed by atoms with E-state index in [1.807, 2.05) is 43.3 Å². The number of nitrogens with two attached hydrogens (primary N) is 1. The normalized spacial score (nSPS) is 10.8. The maximum absolute atomic E-state index is 12.5. The number of carbonyl (C=O) groups excluding carboxylic acids is 1. The van der Waals surface area contributed by atoms with Crippen LogP contribution >= 0.6 is 0 Å². The van der Waals surface area contributed by atoms with E-state index in [0.29, 0.717) is 22.7 Å². The maximum Gasteiger partial charge on any atom is 0.195 e. The molecule has 2 rings (SSSR count). The molecule has 0 spiro atoms. The smallest absolute Gasteiger partial charge is 0.195 e. The largest absolute Gasteiger partial charge is 0.398 e. The standard InChI is InChI=1S/C18H21NO/c1-12(2)10-14-5-7-15(8-6-14)18(20)16-11-13(3)4-9-17(16)19/h4-9,11-12H,10,19H2,1-3H3. The molecule has 2 heteroatoms. The number of benzene rings is 2. The molecule has 2 aromatic carbocycles. The van der Waals surface area contributed by atoms with Crippen molar-refractivity contribution in [3.63, 3.8) is 0 Å². The van der Waals surface area contributed by atoms with Gasteiger partial charge in [0, 0.05) is 16.8 Å². The quantitative estimate of drug-likeness (QED) is 0.672. The van der Waals surface area contributed by atoms with Gasteiger partial charge in [0.2, 0.25) is 0 Å². The van der Waals surface area contributed by atoms with Crippen molar-refractivity contribution in [2.24, 2.45) is 5.92 Å². The molecular formula is C18H21NO. The van der Waals surface area contributed by atoms with E-state index >= 15 is 0 Å². The fourth-order valence-electron chi connectivity index (χ4n) is 2.29. The molecule has 0 fully saturated rings. The summed E-state index contributed by atoms with van der Waals surface area (Å²) in [6.07, 6.45) is 1.03. The third kappa shape index (κ3) is 3.27. The molecule has 0 amide bonds. The molecule has 2 N–H and O–H groups in total. The van der Waals surface area contributed by atoms with Gasteiger partial charge in [-0.3, -0.25) is 4.79 Å². The van der Waals surface area contributed by atoms with E-state index in [1.165, 1.54) is 5.56 Å². The van der Waals surface area contributed by atoms with Crippen molar-refractivity contribution in [3.05, 3.63) is 64.7 Å². The second-order valence-electron chi connectivity index (χ2n) is 5.71. The van der Waals surface area contributed by atoms with Gasteiger partial charge in [-0.1, -0.05) is 49.7 Å². The molecular weight excluding hydrogens is 246 g/mol. The van der Waals surface area contributed by atoms with Gasteiger partial charge in [0.05, 0.1) is 0 Å². The van der Waals surface area contributed by atoms with Crippen LogP contribution in [0.15, 0.2) is 42.5 Å². The maximum atomic E-state index is 12.5. The Morgan fingerprint density at radius 1 is 1.10 bits per heavy atom. The summed E-state index contributed by atoms with van der Waals surface area (Å²) in [5, 5.41) is 0. The number of anilines is 1. The number of hydrogen-bond donors (Lipinski definition) is 1. The van der Waals surface area contributed by atoms with Crippen molar-refractivity contribution in [1.29, 1.82) is 0 Å². The summed E-state index contributed by atoms with van der Waals surface area (Å²) in [4.78, 5) is 12.5. The molecule has 0 aliphatic carbocycles. The second-order valence-corrected chi connectivity index (χ2v) is 5.71. The summed E-state index contributed by atoms with van der Waals surface area (Å²) >= 11 is 0. The average Bonchev–Trinajstić information content (AvgIpc) is 2.41. The van der Waals surface area contributed by atoms with Gasteiger partial charge in [-0.15, -0.1) is 0 Å². The molecule has 0 aliphatic heterocycles. The van der Waals surface area contributed by atoms with Crippen molar-refractivity contribution in [2.75, 3.05) is 5.73 Å². The minimum absolute atomic E-state index is 0.0118. The van der Waals surface area contributed by atoms with Gasteiger partial charge in [0.15, 0.2) is 5.78 Å². The van der Waals surface area contributed by atoms with Crippen LogP contribution in [0.2, 0.25) is 0 Å². The van der Waals surface area contributed by atoms with E-state index in [9.17, 15) is 4.79 Å². The second kappa shape index (κ2) is 5.91. The van der Waals surface area contributed by atoms with Crippen LogP contribution in [0.4, 0.5) is 5.69 Å². The topological polar surface area (TPSA) is 43.1 Å². The van der Waals surface area contributed by atoms with Gasteiger partial charge in [0.1, 0.15) is 0 Å². The summed E-state index contributed by atoms with van der Waals surface area (Å²) in [6.45, 7) is 6.33. The Labute approximate surface area is 120 Å².